The number of rotatable bonds is 3. The van der Waals surface area contributed by atoms with E-state index < -0.39 is 0 Å². The summed E-state index contributed by atoms with van der Waals surface area (Å²) < 4.78 is 7.63. The van der Waals surface area contributed by atoms with E-state index in [1.54, 1.807) is 0 Å². The molecule has 0 saturated heterocycles. The second-order valence-electron chi connectivity index (χ2n) is 16.0. The summed E-state index contributed by atoms with van der Waals surface area (Å²) in [5, 5.41) is 12.2. The number of thiophene rings is 1. The number of hydrogen-bond acceptors (Lipinski definition) is 4. The van der Waals surface area contributed by atoms with Gasteiger partial charge in [-0.2, -0.15) is 0 Å². The maximum atomic E-state index is 5.27. The van der Waals surface area contributed by atoms with Crippen LogP contribution in [0.5, 0.6) is 0 Å². The summed E-state index contributed by atoms with van der Waals surface area (Å²) in [6.07, 6.45) is 0. The van der Waals surface area contributed by atoms with Gasteiger partial charge < -0.3 is 8.80 Å². The first kappa shape index (κ1) is 33.0. The Morgan fingerprint density at radius 1 is 0.311 bits per heavy atom. The van der Waals surface area contributed by atoms with Crippen molar-refractivity contribution >= 4 is 108 Å². The largest absolute Gasteiger partial charge is 0.307 e. The lowest BCUT2D eigenvalue weighted by Gasteiger charge is -2.14. The summed E-state index contributed by atoms with van der Waals surface area (Å²) in [5.74, 6) is 1.91. The molecular formula is C55H31N5S. The highest BCUT2D eigenvalue weighted by Gasteiger charge is 2.23. The van der Waals surface area contributed by atoms with Crippen LogP contribution in [-0.4, -0.2) is 23.8 Å². The van der Waals surface area contributed by atoms with Gasteiger partial charge in [-0.05, 0) is 59.3 Å². The van der Waals surface area contributed by atoms with Crippen LogP contribution >= 0.6 is 11.3 Å². The summed E-state index contributed by atoms with van der Waals surface area (Å²) in [6, 6.07) is 67.9. The topological polar surface area (TPSA) is 47.5 Å². The van der Waals surface area contributed by atoms with Crippen LogP contribution in [0.2, 0.25) is 0 Å². The fourth-order valence-corrected chi connectivity index (χ4v) is 11.1. The van der Waals surface area contributed by atoms with Gasteiger partial charge in [0.1, 0.15) is 0 Å². The molecular weight excluding hydrogens is 763 g/mol. The Labute approximate surface area is 352 Å². The van der Waals surface area contributed by atoms with E-state index in [0.717, 1.165) is 44.1 Å². The first-order valence-corrected chi connectivity index (χ1v) is 21.4. The minimum atomic E-state index is 0.628. The molecule has 0 unspecified atom stereocenters. The molecule has 0 fully saturated rings. The van der Waals surface area contributed by atoms with Crippen LogP contribution in [-0.2, 0) is 0 Å². The number of aromatic nitrogens is 5. The van der Waals surface area contributed by atoms with Crippen LogP contribution in [0.1, 0.15) is 0 Å². The molecule has 0 spiro atoms. The molecule has 61 heavy (non-hydrogen) atoms. The van der Waals surface area contributed by atoms with E-state index in [0.29, 0.717) is 17.5 Å². The van der Waals surface area contributed by atoms with E-state index in [2.05, 4.69) is 160 Å². The SMILES string of the molecule is c1ccc(-c2nc(-c3ccccc3)nc(-c3cc4c5ccccc5n5c6cc7sc8ccccc8c7cc6c6cc7ccccc7c7c8ccccc8n(c(c3)c45)c67)n2)cc1. The summed E-state index contributed by atoms with van der Waals surface area (Å²) in [7, 11) is 0. The van der Waals surface area contributed by atoms with E-state index in [9.17, 15) is 0 Å². The average Bonchev–Trinajstić information content (AvgIpc) is 3.98. The molecule has 0 aliphatic heterocycles. The fraction of sp³-hybridized carbons (Fsp3) is 0. The Kier molecular flexibility index (Phi) is 6.65. The Balaban J connectivity index is 1.26. The second kappa shape index (κ2) is 12.3. The molecule has 0 N–H and O–H groups in total. The van der Waals surface area contributed by atoms with Crippen molar-refractivity contribution in [3.8, 4) is 34.2 Å². The molecule has 0 bridgehead atoms. The lowest BCUT2D eigenvalue weighted by atomic mass is 9.98. The second-order valence-corrected chi connectivity index (χ2v) is 17.1. The molecule has 0 saturated carbocycles. The molecule has 0 amide bonds. The molecule has 0 radical (unpaired) electrons. The molecule has 5 heterocycles. The number of benzene rings is 9. The van der Waals surface area contributed by atoms with E-state index in [1.807, 2.05) is 47.7 Å². The Bertz CT molecular complexity index is 4100. The minimum Gasteiger partial charge on any atom is -0.307 e. The van der Waals surface area contributed by atoms with Crippen molar-refractivity contribution in [3.05, 3.63) is 188 Å². The van der Waals surface area contributed by atoms with Gasteiger partial charge in [-0.1, -0.05) is 140 Å². The average molecular weight is 794 g/mol. The van der Waals surface area contributed by atoms with Gasteiger partial charge in [-0.3, -0.25) is 0 Å². The molecule has 5 aromatic heterocycles. The van der Waals surface area contributed by atoms with Crippen molar-refractivity contribution in [2.24, 2.45) is 0 Å². The molecule has 0 aliphatic rings. The Hall–Kier alpha value is -7.93. The van der Waals surface area contributed by atoms with Gasteiger partial charge in [-0.25, -0.2) is 15.0 Å². The first-order valence-electron chi connectivity index (χ1n) is 20.6. The normalized spacial score (nSPS) is 12.3. The van der Waals surface area contributed by atoms with E-state index in [1.165, 1.54) is 68.9 Å². The van der Waals surface area contributed by atoms with Crippen molar-refractivity contribution in [1.82, 2.24) is 23.8 Å². The predicted molar refractivity (Wildman–Crippen MR) is 256 cm³/mol. The Morgan fingerprint density at radius 3 is 1.61 bits per heavy atom. The van der Waals surface area contributed by atoms with Gasteiger partial charge in [0.15, 0.2) is 17.5 Å². The molecule has 5 nitrogen and oxygen atoms in total. The van der Waals surface area contributed by atoms with Gasteiger partial charge in [0.2, 0.25) is 0 Å². The molecule has 282 valence electrons. The number of fused-ring (bicyclic) bond motifs is 15. The van der Waals surface area contributed by atoms with Crippen LogP contribution in [0.25, 0.3) is 131 Å². The third-order valence-electron chi connectivity index (χ3n) is 12.6. The van der Waals surface area contributed by atoms with E-state index in [4.69, 9.17) is 15.0 Å². The highest BCUT2D eigenvalue weighted by Crippen LogP contribution is 2.46. The Morgan fingerprint density at radius 2 is 0.869 bits per heavy atom. The number of para-hydroxylation sites is 2. The maximum absolute atomic E-state index is 5.27. The molecule has 0 atom stereocenters. The number of hydrogen-bond donors (Lipinski definition) is 0. The van der Waals surface area contributed by atoms with Crippen LogP contribution in [0.4, 0.5) is 0 Å². The molecule has 6 heteroatoms. The van der Waals surface area contributed by atoms with Crippen molar-refractivity contribution < 1.29 is 0 Å². The lowest BCUT2D eigenvalue weighted by Crippen LogP contribution is -2.01. The maximum Gasteiger partial charge on any atom is 0.164 e. The number of nitrogens with zero attached hydrogens (tertiary/aromatic N) is 5. The summed E-state index contributed by atoms with van der Waals surface area (Å²) >= 11 is 1.87. The highest BCUT2D eigenvalue weighted by molar-refractivity contribution is 7.25. The van der Waals surface area contributed by atoms with Crippen LogP contribution in [0, 0.1) is 0 Å². The van der Waals surface area contributed by atoms with Crippen LogP contribution < -0.4 is 0 Å². The van der Waals surface area contributed by atoms with Crippen molar-refractivity contribution in [2.45, 2.75) is 0 Å². The zero-order chi connectivity index (χ0) is 39.8. The summed E-state index contributed by atoms with van der Waals surface area (Å²) in [6.45, 7) is 0. The summed E-state index contributed by atoms with van der Waals surface area (Å²) in [4.78, 5) is 15.6. The van der Waals surface area contributed by atoms with Gasteiger partial charge >= 0.3 is 0 Å². The van der Waals surface area contributed by atoms with Gasteiger partial charge in [0.25, 0.3) is 0 Å². The monoisotopic (exact) mass is 793 g/mol. The highest BCUT2D eigenvalue weighted by atomic mass is 32.1. The van der Waals surface area contributed by atoms with E-state index >= 15 is 0 Å². The zero-order valence-corrected chi connectivity index (χ0v) is 33.4. The first-order chi connectivity index (χ1) is 30.2. The molecule has 14 rings (SSSR count). The van der Waals surface area contributed by atoms with Crippen molar-refractivity contribution in [2.75, 3.05) is 0 Å². The van der Waals surface area contributed by atoms with Gasteiger partial charge in [-0.15, -0.1) is 11.3 Å². The van der Waals surface area contributed by atoms with Gasteiger partial charge in [0, 0.05) is 69.2 Å². The predicted octanol–water partition coefficient (Wildman–Crippen LogP) is 14.7. The molecule has 9 aromatic carbocycles. The van der Waals surface area contributed by atoms with E-state index in [-0.39, 0.29) is 0 Å². The third-order valence-corrected chi connectivity index (χ3v) is 13.8. The van der Waals surface area contributed by atoms with Crippen LogP contribution in [0.15, 0.2) is 188 Å². The molecule has 14 aromatic rings. The third kappa shape index (κ3) is 4.62. The standard InChI is InChI=1S/C55H31N5S/c1-3-15-32(16-4-1)53-56-54(33-17-5-2-6-18-33)58-55(57-53)35-28-42-37-21-9-12-24-44(37)59-46-31-49-41(38-22-11-14-26-48(38)61-49)30-40(46)43-27-34-19-7-8-20-36(34)50-39-23-10-13-25-45(39)60(52(43)50)47(29-35)51(42)59/h1-31H. The smallest absolute Gasteiger partial charge is 0.164 e. The lowest BCUT2D eigenvalue weighted by molar-refractivity contribution is 1.07. The summed E-state index contributed by atoms with van der Waals surface area (Å²) in [5.41, 5.74) is 9.71. The fourth-order valence-electron chi connectivity index (χ4n) is 10.0. The molecule has 0 aliphatic carbocycles. The van der Waals surface area contributed by atoms with Gasteiger partial charge in [0.05, 0.1) is 33.1 Å². The van der Waals surface area contributed by atoms with Crippen molar-refractivity contribution in [3.63, 3.8) is 0 Å². The van der Waals surface area contributed by atoms with Crippen molar-refractivity contribution in [1.29, 1.82) is 0 Å². The van der Waals surface area contributed by atoms with Crippen LogP contribution in [0.3, 0.4) is 0 Å². The zero-order valence-electron chi connectivity index (χ0n) is 32.5. The minimum absolute atomic E-state index is 0.628. The quantitative estimate of drug-likeness (QED) is 0.179.